The number of alkyl carbamates (subject to hydrolysis) is 1. The second-order valence-electron chi connectivity index (χ2n) is 12.2. The summed E-state index contributed by atoms with van der Waals surface area (Å²) in [6, 6.07) is -2.22. The fourth-order valence-corrected chi connectivity index (χ4v) is 4.37. The van der Waals surface area contributed by atoms with Gasteiger partial charge in [0.2, 0.25) is 17.7 Å². The van der Waals surface area contributed by atoms with Crippen LogP contribution < -0.4 is 43.8 Å². The van der Waals surface area contributed by atoms with Gasteiger partial charge in [0.1, 0.15) is 30.8 Å². The van der Waals surface area contributed by atoms with Crippen LogP contribution in [0.4, 0.5) is 4.79 Å². The van der Waals surface area contributed by atoms with Crippen molar-refractivity contribution in [3.63, 3.8) is 0 Å². The molecule has 6 N–H and O–H groups in total. The molecule has 4 amide bonds. The summed E-state index contributed by atoms with van der Waals surface area (Å²) in [5.74, 6) is -2.76. The molecule has 0 saturated carbocycles. The van der Waals surface area contributed by atoms with Crippen molar-refractivity contribution >= 4 is 29.8 Å². The lowest BCUT2D eigenvalue weighted by molar-refractivity contribution is -0.145. The zero-order valence-electron chi connectivity index (χ0n) is 28.4. The minimum Gasteiger partial charge on any atom is -0.467 e. The summed E-state index contributed by atoms with van der Waals surface area (Å²) in [5.41, 5.74) is -3.08. The minimum atomic E-state index is -1.12. The highest BCUT2D eigenvalue weighted by Gasteiger charge is 2.24. The number of amides is 4. The maximum Gasteiger partial charge on any atom is 0.407 e. The molecule has 0 aliphatic rings. The summed E-state index contributed by atoms with van der Waals surface area (Å²) in [7, 11) is 1.13. The smallest absolute Gasteiger partial charge is 0.407 e. The summed E-state index contributed by atoms with van der Waals surface area (Å²) in [6.07, 6.45) is 2.32. The first-order valence-electron chi connectivity index (χ1n) is 15.4. The van der Waals surface area contributed by atoms with Crippen molar-refractivity contribution in [2.45, 2.75) is 91.1 Å². The van der Waals surface area contributed by atoms with Crippen molar-refractivity contribution in [1.29, 1.82) is 0 Å². The largest absolute Gasteiger partial charge is 0.467 e. The third kappa shape index (κ3) is 13.6. The van der Waals surface area contributed by atoms with E-state index in [1.165, 1.54) is 26.2 Å². The van der Waals surface area contributed by atoms with Crippen molar-refractivity contribution in [2.24, 2.45) is 0 Å². The molecule has 2 heterocycles. The van der Waals surface area contributed by atoms with Crippen molar-refractivity contribution in [2.75, 3.05) is 20.2 Å². The van der Waals surface area contributed by atoms with Gasteiger partial charge >= 0.3 is 23.4 Å². The van der Waals surface area contributed by atoms with Gasteiger partial charge in [-0.1, -0.05) is 0 Å². The molecule has 0 bridgehead atoms. The highest BCUT2D eigenvalue weighted by atomic mass is 16.6. The summed E-state index contributed by atoms with van der Waals surface area (Å²) >= 11 is 0. The molecule has 19 nitrogen and oxygen atoms in total. The Morgan fingerprint density at radius 1 is 0.755 bits per heavy atom. The molecule has 2 aromatic rings. The second kappa shape index (κ2) is 18.2. The molecule has 270 valence electrons. The first kappa shape index (κ1) is 39.7. The van der Waals surface area contributed by atoms with Crippen molar-refractivity contribution in [1.82, 2.24) is 40.4 Å². The Morgan fingerprint density at radius 2 is 1.20 bits per heavy atom. The highest BCUT2D eigenvalue weighted by Crippen LogP contribution is 2.07. The van der Waals surface area contributed by atoms with E-state index < -0.39 is 83.1 Å². The zero-order chi connectivity index (χ0) is 36.9. The van der Waals surface area contributed by atoms with Gasteiger partial charge in [-0.2, -0.15) is 0 Å². The maximum atomic E-state index is 13.1. The van der Waals surface area contributed by atoms with E-state index in [2.05, 4.69) is 31.2 Å². The molecule has 0 aromatic carbocycles. The molecule has 19 heteroatoms. The SMILES string of the molecule is COC(=O)[C@H](CCCNC(=O)[C@H](CCCNC(=O)OC(C)(C)C)NC(=O)Cn1cc(C)c(=O)[nH]c1=O)NC(=O)Cn1cc(C)c(=O)[nH]c1=O. The standard InChI is InChI=1S/C30H44N8O11/c1-17-13-37(27(45)35-23(17)41)15-21(39)33-19(9-7-12-32-29(47)49-30(3,4)5)25(43)31-11-8-10-20(26(44)48-6)34-22(40)16-38-14-18(2)24(42)36-28(38)46/h13-14,19-20H,7-12,15-16H2,1-6H3,(H,31,43)(H,32,47)(H,33,39)(H,34,40)(H,35,41,45)(H,36,42,46)/t19-,20-/m0/s1. The monoisotopic (exact) mass is 692 g/mol. The molecular weight excluding hydrogens is 648 g/mol. The Balaban J connectivity index is 2.02. The molecule has 0 spiro atoms. The fraction of sp³-hybridized carbons (Fsp3) is 0.567. The number of nitrogens with zero attached hydrogens (tertiary/aromatic N) is 2. The van der Waals surface area contributed by atoms with E-state index in [1.807, 2.05) is 0 Å². The molecule has 0 saturated heterocycles. The van der Waals surface area contributed by atoms with Crippen LogP contribution in [0.15, 0.2) is 31.6 Å². The first-order valence-corrected chi connectivity index (χ1v) is 15.4. The number of carbonyl (C=O) groups excluding carboxylic acids is 5. The number of hydrogen-bond donors (Lipinski definition) is 6. The predicted molar refractivity (Wildman–Crippen MR) is 174 cm³/mol. The Labute approximate surface area is 280 Å². The first-order chi connectivity index (χ1) is 22.9. The summed E-state index contributed by atoms with van der Waals surface area (Å²) in [5, 5.41) is 10.3. The topological polar surface area (TPSA) is 262 Å². The van der Waals surface area contributed by atoms with Gasteiger partial charge in [-0.3, -0.25) is 43.1 Å². The van der Waals surface area contributed by atoms with Gasteiger partial charge in [-0.15, -0.1) is 0 Å². The number of carbonyl (C=O) groups is 5. The number of nitrogens with one attached hydrogen (secondary N) is 6. The molecule has 2 rings (SSSR count). The zero-order valence-corrected chi connectivity index (χ0v) is 28.4. The van der Waals surface area contributed by atoms with Gasteiger partial charge in [0.15, 0.2) is 0 Å². The molecule has 49 heavy (non-hydrogen) atoms. The molecule has 0 aliphatic carbocycles. The van der Waals surface area contributed by atoms with Crippen LogP contribution in [-0.4, -0.2) is 86.8 Å². The lowest BCUT2D eigenvalue weighted by atomic mass is 10.1. The predicted octanol–water partition coefficient (Wildman–Crippen LogP) is -1.95. The van der Waals surface area contributed by atoms with Crippen LogP contribution in [0.2, 0.25) is 0 Å². The average molecular weight is 693 g/mol. The number of aromatic nitrogens is 4. The number of methoxy groups -OCH3 is 1. The van der Waals surface area contributed by atoms with E-state index in [0.29, 0.717) is 0 Å². The van der Waals surface area contributed by atoms with Crippen LogP contribution in [-0.2, 0) is 41.7 Å². The third-order valence-corrected chi connectivity index (χ3v) is 6.79. The van der Waals surface area contributed by atoms with E-state index in [-0.39, 0.29) is 49.9 Å². The highest BCUT2D eigenvalue weighted by molar-refractivity contribution is 5.87. The summed E-state index contributed by atoms with van der Waals surface area (Å²) in [6.45, 7) is 7.22. The maximum absolute atomic E-state index is 13.1. The molecular formula is C30H44N8O11. The van der Waals surface area contributed by atoms with Gasteiger partial charge in [0.05, 0.1) is 7.11 Å². The Morgan fingerprint density at radius 3 is 1.67 bits per heavy atom. The van der Waals surface area contributed by atoms with Crippen LogP contribution >= 0.6 is 0 Å². The third-order valence-electron chi connectivity index (χ3n) is 6.79. The molecule has 0 aliphatic heterocycles. The van der Waals surface area contributed by atoms with Crippen LogP contribution in [0.3, 0.4) is 0 Å². The summed E-state index contributed by atoms with van der Waals surface area (Å²) < 4.78 is 11.9. The van der Waals surface area contributed by atoms with E-state index in [0.717, 1.165) is 16.2 Å². The van der Waals surface area contributed by atoms with Gasteiger partial charge in [-0.25, -0.2) is 19.2 Å². The van der Waals surface area contributed by atoms with Gasteiger partial charge < -0.3 is 30.7 Å². The number of hydrogen-bond acceptors (Lipinski definition) is 11. The lowest BCUT2D eigenvalue weighted by Crippen LogP contribution is -2.49. The van der Waals surface area contributed by atoms with E-state index in [9.17, 15) is 43.2 Å². The number of esters is 1. The molecule has 0 fully saturated rings. The van der Waals surface area contributed by atoms with E-state index in [1.54, 1.807) is 20.8 Å². The number of ether oxygens (including phenoxy) is 2. The Kier molecular flexibility index (Phi) is 14.7. The summed E-state index contributed by atoms with van der Waals surface area (Å²) in [4.78, 5) is 114. The van der Waals surface area contributed by atoms with Crippen LogP contribution in [0.1, 0.15) is 57.6 Å². The molecule has 0 unspecified atom stereocenters. The minimum absolute atomic E-state index is 0.0158. The Hall–Kier alpha value is -5.49. The van der Waals surface area contributed by atoms with Crippen molar-refractivity contribution in [3.8, 4) is 0 Å². The molecule has 0 radical (unpaired) electrons. The average Bonchev–Trinajstić information content (AvgIpc) is 3.00. The van der Waals surface area contributed by atoms with Gasteiger partial charge in [0, 0.05) is 36.6 Å². The lowest BCUT2D eigenvalue weighted by Gasteiger charge is -2.21. The van der Waals surface area contributed by atoms with Crippen molar-refractivity contribution in [3.05, 3.63) is 65.2 Å². The number of aryl methyl sites for hydroxylation is 2. The Bertz CT molecular complexity index is 1750. The van der Waals surface area contributed by atoms with E-state index >= 15 is 0 Å². The normalized spacial score (nSPS) is 12.3. The van der Waals surface area contributed by atoms with E-state index in [4.69, 9.17) is 9.47 Å². The fourth-order valence-electron chi connectivity index (χ4n) is 4.37. The van der Waals surface area contributed by atoms with Crippen LogP contribution in [0.25, 0.3) is 0 Å². The molecule has 2 aromatic heterocycles. The number of aromatic amines is 2. The van der Waals surface area contributed by atoms with Gasteiger partial charge in [0.25, 0.3) is 11.1 Å². The second-order valence-corrected chi connectivity index (χ2v) is 12.2. The number of rotatable bonds is 16. The quantitative estimate of drug-likeness (QED) is 0.0832. The van der Waals surface area contributed by atoms with Crippen molar-refractivity contribution < 1.29 is 33.4 Å². The van der Waals surface area contributed by atoms with Gasteiger partial charge in [-0.05, 0) is 60.3 Å². The number of H-pyrrole nitrogens is 2. The van der Waals surface area contributed by atoms with Crippen LogP contribution in [0, 0.1) is 13.8 Å². The van der Waals surface area contributed by atoms with Crippen LogP contribution in [0.5, 0.6) is 0 Å². The molecule has 2 atom stereocenters.